The lowest BCUT2D eigenvalue weighted by molar-refractivity contribution is -0.189. The molecule has 42 heavy (non-hydrogen) atoms. The number of alkyl halides is 2. The van der Waals surface area contributed by atoms with Crippen LogP contribution < -0.4 is 4.74 Å². The highest BCUT2D eigenvalue weighted by atomic mass is 19.3. The van der Waals surface area contributed by atoms with Crippen LogP contribution in [0, 0.1) is 35.0 Å². The zero-order valence-corrected chi connectivity index (χ0v) is 23.5. The molecule has 1 saturated carbocycles. The number of rotatable bonds is 6. The second-order valence-electron chi connectivity index (χ2n) is 10.3. The van der Waals surface area contributed by atoms with Crippen molar-refractivity contribution in [2.45, 2.75) is 58.5 Å². The summed E-state index contributed by atoms with van der Waals surface area (Å²) in [6.07, 6.45) is -0.967. The summed E-state index contributed by atoms with van der Waals surface area (Å²) in [6.45, 7) is 6.11. The number of benzene rings is 4. The Labute approximate surface area is 241 Å². The molecule has 0 amide bonds. The molecule has 5 rings (SSSR count). The van der Waals surface area contributed by atoms with Crippen LogP contribution in [0.5, 0.6) is 5.75 Å². The maximum absolute atomic E-state index is 14.9. The lowest BCUT2D eigenvalue weighted by Crippen LogP contribution is -2.25. The molecule has 0 aliphatic heterocycles. The van der Waals surface area contributed by atoms with Crippen LogP contribution >= 0.6 is 0 Å². The highest BCUT2D eigenvalue weighted by Gasteiger charge is 2.41. The van der Waals surface area contributed by atoms with Crippen molar-refractivity contribution in [1.29, 1.82) is 0 Å². The van der Waals surface area contributed by atoms with Gasteiger partial charge < -0.3 is 4.74 Å². The third kappa shape index (κ3) is 6.80. The Kier molecular flexibility index (Phi) is 9.64. The zero-order valence-electron chi connectivity index (χ0n) is 23.5. The first-order valence-corrected chi connectivity index (χ1v) is 13.9. The van der Waals surface area contributed by atoms with Gasteiger partial charge in [-0.2, -0.15) is 8.78 Å². The van der Waals surface area contributed by atoms with Gasteiger partial charge in [-0.15, -0.1) is 0 Å². The largest absolute Gasteiger partial charge is 0.432 e. The summed E-state index contributed by atoms with van der Waals surface area (Å²) in [6, 6.07) is 14.2. The lowest BCUT2D eigenvalue weighted by Gasteiger charge is -2.27. The Hall–Kier alpha value is -3.81. The zero-order chi connectivity index (χ0) is 30.6. The highest BCUT2D eigenvalue weighted by molar-refractivity contribution is 5.71. The van der Waals surface area contributed by atoms with Gasteiger partial charge in [0.15, 0.2) is 11.6 Å². The van der Waals surface area contributed by atoms with Gasteiger partial charge in [0.2, 0.25) is 0 Å². The van der Waals surface area contributed by atoms with E-state index in [-0.39, 0.29) is 22.8 Å². The van der Waals surface area contributed by atoms with E-state index in [0.717, 1.165) is 49.9 Å². The molecule has 0 saturated heterocycles. The quantitative estimate of drug-likeness (QED) is 0.204. The van der Waals surface area contributed by atoms with Crippen molar-refractivity contribution >= 4 is 0 Å². The molecule has 0 aromatic heterocycles. The molecule has 1 fully saturated rings. The molecule has 1 nitrogen and oxygen atoms in total. The van der Waals surface area contributed by atoms with Gasteiger partial charge in [-0.1, -0.05) is 63.9 Å². The van der Waals surface area contributed by atoms with Crippen molar-refractivity contribution in [2.24, 2.45) is 5.92 Å². The molecule has 4 aromatic carbocycles. The highest BCUT2D eigenvalue weighted by Crippen LogP contribution is 2.40. The summed E-state index contributed by atoms with van der Waals surface area (Å²) < 4.78 is 106. The van der Waals surface area contributed by atoms with Gasteiger partial charge >= 0.3 is 6.11 Å². The first-order chi connectivity index (χ1) is 20.0. The van der Waals surface area contributed by atoms with Crippen molar-refractivity contribution in [1.82, 2.24) is 0 Å². The molecule has 1 aliphatic carbocycles. The topological polar surface area (TPSA) is 9.23 Å². The van der Waals surface area contributed by atoms with Gasteiger partial charge in [0, 0.05) is 5.56 Å². The Bertz CT molecular complexity index is 1500. The van der Waals surface area contributed by atoms with Crippen LogP contribution in [0.2, 0.25) is 0 Å². The van der Waals surface area contributed by atoms with E-state index in [1.165, 1.54) is 48.5 Å². The number of halogens is 7. The summed E-state index contributed by atoms with van der Waals surface area (Å²) in [5.74, 6) is -5.50. The minimum Gasteiger partial charge on any atom is -0.429 e. The van der Waals surface area contributed by atoms with E-state index in [0.29, 0.717) is 22.6 Å². The number of hydrogen-bond donors (Lipinski definition) is 0. The monoisotopic (exact) mass is 588 g/mol. The van der Waals surface area contributed by atoms with E-state index in [2.05, 4.69) is 6.92 Å². The third-order valence-electron chi connectivity index (χ3n) is 7.48. The summed E-state index contributed by atoms with van der Waals surface area (Å²) in [4.78, 5) is 0. The summed E-state index contributed by atoms with van der Waals surface area (Å²) in [5.41, 5.74) is -0.0695. The first-order valence-electron chi connectivity index (χ1n) is 13.9. The Balaban J connectivity index is 0.00000198. The molecule has 0 unspecified atom stereocenters. The summed E-state index contributed by atoms with van der Waals surface area (Å²) >= 11 is 0. The molecule has 0 heterocycles. The maximum Gasteiger partial charge on any atom is 0.432 e. The van der Waals surface area contributed by atoms with Gasteiger partial charge in [-0.25, -0.2) is 22.0 Å². The molecule has 4 aromatic rings. The van der Waals surface area contributed by atoms with Crippen LogP contribution in [0.25, 0.3) is 22.3 Å². The molecular weight excluding hydrogens is 557 g/mol. The van der Waals surface area contributed by atoms with Crippen molar-refractivity contribution in [3.8, 4) is 28.0 Å². The minimum absolute atomic E-state index is 0.0513. The molecule has 0 atom stereocenters. The Morgan fingerprint density at radius 1 is 0.595 bits per heavy atom. The van der Waals surface area contributed by atoms with Crippen molar-refractivity contribution < 1.29 is 35.5 Å². The number of hydrogen-bond acceptors (Lipinski definition) is 1. The maximum atomic E-state index is 14.9. The molecule has 222 valence electrons. The van der Waals surface area contributed by atoms with Gasteiger partial charge in [-0.05, 0) is 89.4 Å². The van der Waals surface area contributed by atoms with E-state index in [1.54, 1.807) is 0 Å². The second kappa shape index (κ2) is 13.0. The Morgan fingerprint density at radius 3 is 1.71 bits per heavy atom. The van der Waals surface area contributed by atoms with Crippen molar-refractivity contribution in [3.05, 3.63) is 113 Å². The van der Waals surface area contributed by atoms with E-state index < -0.39 is 40.8 Å². The Morgan fingerprint density at radius 2 is 1.14 bits per heavy atom. The molecule has 0 radical (unpaired) electrons. The van der Waals surface area contributed by atoms with Crippen LogP contribution in [0.4, 0.5) is 30.7 Å². The molecule has 0 bridgehead atoms. The molecular formula is C34H31F7O. The van der Waals surface area contributed by atoms with E-state index in [9.17, 15) is 30.7 Å². The fourth-order valence-corrected chi connectivity index (χ4v) is 5.21. The molecule has 8 heteroatoms. The fraction of sp³-hybridized carbons (Fsp3) is 0.294. The smallest absolute Gasteiger partial charge is 0.429 e. The van der Waals surface area contributed by atoms with Gasteiger partial charge in [0.05, 0.1) is 0 Å². The average Bonchev–Trinajstić information content (AvgIpc) is 2.95. The summed E-state index contributed by atoms with van der Waals surface area (Å²) in [7, 11) is 0. The van der Waals surface area contributed by atoms with Gasteiger partial charge in [-0.3, -0.25) is 0 Å². The normalized spacial score (nSPS) is 16.9. The van der Waals surface area contributed by atoms with Crippen molar-refractivity contribution in [3.63, 3.8) is 0 Å². The van der Waals surface area contributed by atoms with E-state index in [1.807, 2.05) is 13.8 Å². The van der Waals surface area contributed by atoms with Crippen LogP contribution in [0.3, 0.4) is 0 Å². The van der Waals surface area contributed by atoms with Crippen molar-refractivity contribution in [2.75, 3.05) is 0 Å². The van der Waals surface area contributed by atoms with Crippen LogP contribution in [0.15, 0.2) is 72.8 Å². The predicted octanol–water partition coefficient (Wildman–Crippen LogP) is 11.2. The van der Waals surface area contributed by atoms with Crippen LogP contribution in [0.1, 0.15) is 63.5 Å². The summed E-state index contributed by atoms with van der Waals surface area (Å²) in [5, 5.41) is 0. The lowest BCUT2D eigenvalue weighted by atomic mass is 9.79. The van der Waals surface area contributed by atoms with Crippen LogP contribution in [-0.4, -0.2) is 0 Å². The average molecular weight is 589 g/mol. The fourth-order valence-electron chi connectivity index (χ4n) is 5.21. The van der Waals surface area contributed by atoms with E-state index in [4.69, 9.17) is 4.74 Å². The SMILES string of the molecule is CC.CC1CCC(c2cc(F)c(C(F)(F)Oc3ccc(-c4ccc(-c5ccc(F)c(F)c5)c(F)c4)cc3)c(F)c2)CC1. The first kappa shape index (κ1) is 31.1. The second-order valence-corrected chi connectivity index (χ2v) is 10.3. The van der Waals surface area contributed by atoms with Crippen LogP contribution in [-0.2, 0) is 6.11 Å². The number of ether oxygens (including phenoxy) is 1. The van der Waals surface area contributed by atoms with Gasteiger partial charge in [0.25, 0.3) is 0 Å². The molecule has 1 aliphatic rings. The predicted molar refractivity (Wildman–Crippen MR) is 150 cm³/mol. The minimum atomic E-state index is -4.28. The molecule has 0 spiro atoms. The third-order valence-corrected chi connectivity index (χ3v) is 7.48. The standard InChI is InChI=1S/C32H25F7O.C2H6/c1-18-2-4-20(5-3-18)23-16-29(36)31(30(37)17-23)32(38,39)40-24-10-6-19(7-11-24)21-8-12-25(27(34)14-21)22-9-13-26(33)28(35)15-22;1-2/h6-18,20H,2-5H2,1H3;1-2H3. The van der Waals surface area contributed by atoms with E-state index >= 15 is 0 Å². The molecule has 0 N–H and O–H groups in total. The van der Waals surface area contributed by atoms with Gasteiger partial charge in [0.1, 0.15) is 28.8 Å².